The number of hydrogen-bond acceptors (Lipinski definition) is 9. The van der Waals surface area contributed by atoms with Gasteiger partial charge in [-0.2, -0.15) is 0 Å². The quantitative estimate of drug-likeness (QED) is 0.591. The molecule has 0 saturated heterocycles. The van der Waals surface area contributed by atoms with Gasteiger partial charge in [-0.1, -0.05) is 0 Å². The summed E-state index contributed by atoms with van der Waals surface area (Å²) in [5.41, 5.74) is 14.1. The number of hydrogen-bond donors (Lipinski definition) is 3. The van der Waals surface area contributed by atoms with Crippen LogP contribution in [0, 0.1) is 0 Å². The molecule has 9 nitrogen and oxygen atoms in total. The Balaban J connectivity index is 2.35. The van der Waals surface area contributed by atoms with E-state index in [9.17, 15) is 9.59 Å². The number of anilines is 2. The first kappa shape index (κ1) is 21.3. The summed E-state index contributed by atoms with van der Waals surface area (Å²) in [4.78, 5) is 24.8. The topological polar surface area (TPSA) is 135 Å². The fraction of sp³-hybridized carbons (Fsp3) is 0.300. The van der Waals surface area contributed by atoms with Crippen molar-refractivity contribution in [1.29, 1.82) is 0 Å². The molecule has 1 atom stereocenters. The van der Waals surface area contributed by atoms with E-state index >= 15 is 0 Å². The molecule has 2 heterocycles. The van der Waals surface area contributed by atoms with Crippen molar-refractivity contribution in [3.8, 4) is 17.2 Å². The number of ether oxygens (including phenoxy) is 4. The Labute approximate surface area is 177 Å². The van der Waals surface area contributed by atoms with E-state index in [0.29, 0.717) is 44.6 Å². The maximum absolute atomic E-state index is 12.7. The number of methoxy groups -OCH3 is 4. The van der Waals surface area contributed by atoms with Crippen molar-refractivity contribution in [3.05, 3.63) is 39.4 Å². The van der Waals surface area contributed by atoms with E-state index in [1.165, 1.54) is 28.4 Å². The second-order valence-corrected chi connectivity index (χ2v) is 7.52. The number of allylic oxidation sites excluding steroid dienone is 1. The van der Waals surface area contributed by atoms with Crippen molar-refractivity contribution >= 4 is 33.9 Å². The highest BCUT2D eigenvalue weighted by atomic mass is 32.1. The van der Waals surface area contributed by atoms with Crippen molar-refractivity contribution in [2.75, 3.05) is 39.5 Å². The number of nitrogen functional groups attached to an aromatic ring is 1. The molecule has 1 amide bonds. The highest BCUT2D eigenvalue weighted by Gasteiger charge is 2.38. The third kappa shape index (κ3) is 3.28. The van der Waals surface area contributed by atoms with E-state index in [-0.39, 0.29) is 10.6 Å². The third-order valence-electron chi connectivity index (χ3n) is 4.92. The Morgan fingerprint density at radius 1 is 1.07 bits per heavy atom. The Kier molecular flexibility index (Phi) is 5.79. The van der Waals surface area contributed by atoms with Crippen molar-refractivity contribution in [2.24, 2.45) is 5.73 Å². The molecule has 1 aliphatic rings. The van der Waals surface area contributed by atoms with Gasteiger partial charge in [-0.05, 0) is 24.6 Å². The minimum atomic E-state index is -0.647. The summed E-state index contributed by atoms with van der Waals surface area (Å²) in [5.74, 6) is -0.582. The van der Waals surface area contributed by atoms with Crippen molar-refractivity contribution in [1.82, 2.24) is 0 Å². The van der Waals surface area contributed by atoms with E-state index in [1.54, 1.807) is 19.1 Å². The second kappa shape index (κ2) is 8.15. The van der Waals surface area contributed by atoms with Gasteiger partial charge in [0.1, 0.15) is 4.88 Å². The molecule has 0 spiro atoms. The normalized spacial score (nSPS) is 15.2. The van der Waals surface area contributed by atoms with Gasteiger partial charge in [-0.15, -0.1) is 11.3 Å². The molecule has 1 aromatic carbocycles. The Bertz CT molecular complexity index is 1030. The second-order valence-electron chi connectivity index (χ2n) is 6.50. The molecule has 1 aliphatic heterocycles. The number of esters is 1. The summed E-state index contributed by atoms with van der Waals surface area (Å²) in [5, 5.41) is 3.77. The number of carbonyl (C=O) groups is 2. The van der Waals surface area contributed by atoms with Gasteiger partial charge in [0.25, 0.3) is 5.91 Å². The molecule has 160 valence electrons. The first-order valence-corrected chi connectivity index (χ1v) is 9.68. The standard InChI is InChI=1S/C20H23N3O6S/c1-8-12(20(25)29-5)13(14-15(21)17(18(22)24)30-19(14)23-8)9-6-10(26-2)16(28-4)11(7-9)27-3/h6-7,13,23H,21H2,1-5H3,(H2,22,24)/t13-/m0/s1. The maximum Gasteiger partial charge on any atom is 0.336 e. The third-order valence-corrected chi connectivity index (χ3v) is 6.07. The molecule has 0 fully saturated rings. The van der Waals surface area contributed by atoms with E-state index in [1.807, 2.05) is 0 Å². The molecule has 0 saturated carbocycles. The minimum Gasteiger partial charge on any atom is -0.493 e. The Morgan fingerprint density at radius 3 is 2.13 bits per heavy atom. The monoisotopic (exact) mass is 433 g/mol. The molecule has 0 unspecified atom stereocenters. The van der Waals surface area contributed by atoms with Crippen molar-refractivity contribution in [2.45, 2.75) is 12.8 Å². The highest BCUT2D eigenvalue weighted by Crippen LogP contribution is 2.52. The maximum atomic E-state index is 12.7. The van der Waals surface area contributed by atoms with Crippen LogP contribution in [0.25, 0.3) is 0 Å². The van der Waals surface area contributed by atoms with Gasteiger partial charge in [0.05, 0.1) is 44.7 Å². The summed E-state index contributed by atoms with van der Waals surface area (Å²) in [6.07, 6.45) is 0. The van der Waals surface area contributed by atoms with Gasteiger partial charge in [-0.25, -0.2) is 4.79 Å². The molecule has 3 rings (SSSR count). The average molecular weight is 433 g/mol. The van der Waals surface area contributed by atoms with Gasteiger partial charge in [0.2, 0.25) is 5.75 Å². The largest absolute Gasteiger partial charge is 0.493 e. The molecule has 2 aromatic rings. The first-order chi connectivity index (χ1) is 14.3. The van der Waals surface area contributed by atoms with Crippen LogP contribution in [0.15, 0.2) is 23.4 Å². The lowest BCUT2D eigenvalue weighted by Gasteiger charge is -2.29. The fourth-order valence-corrected chi connectivity index (χ4v) is 4.67. The molecular formula is C20H23N3O6S. The Morgan fingerprint density at radius 2 is 1.67 bits per heavy atom. The Hall–Kier alpha value is -3.40. The lowest BCUT2D eigenvalue weighted by Crippen LogP contribution is -2.24. The number of amides is 1. The van der Waals surface area contributed by atoms with Gasteiger partial charge in [-0.3, -0.25) is 4.79 Å². The van der Waals surface area contributed by atoms with Crippen LogP contribution in [0.4, 0.5) is 10.7 Å². The number of primary amides is 1. The molecular weight excluding hydrogens is 410 g/mol. The van der Waals surface area contributed by atoms with Gasteiger partial charge in [0.15, 0.2) is 11.5 Å². The zero-order chi connectivity index (χ0) is 22.2. The van der Waals surface area contributed by atoms with E-state index in [0.717, 1.165) is 11.3 Å². The van der Waals surface area contributed by atoms with Crippen molar-refractivity contribution in [3.63, 3.8) is 0 Å². The van der Waals surface area contributed by atoms with Crippen LogP contribution >= 0.6 is 11.3 Å². The van der Waals surface area contributed by atoms with Gasteiger partial charge < -0.3 is 35.7 Å². The van der Waals surface area contributed by atoms with Crippen LogP contribution in [0.5, 0.6) is 17.2 Å². The molecule has 5 N–H and O–H groups in total. The van der Waals surface area contributed by atoms with Crippen molar-refractivity contribution < 1.29 is 28.5 Å². The summed E-state index contributed by atoms with van der Waals surface area (Å²) in [6, 6.07) is 3.47. The van der Waals surface area contributed by atoms with Gasteiger partial charge >= 0.3 is 5.97 Å². The molecule has 0 radical (unpaired) electrons. The lowest BCUT2D eigenvalue weighted by molar-refractivity contribution is -0.136. The molecule has 10 heteroatoms. The number of thiophene rings is 1. The first-order valence-electron chi connectivity index (χ1n) is 8.86. The van der Waals surface area contributed by atoms with Crippen LogP contribution in [-0.4, -0.2) is 40.3 Å². The fourth-order valence-electron chi connectivity index (χ4n) is 3.60. The number of fused-ring (bicyclic) bond motifs is 1. The predicted molar refractivity (Wildman–Crippen MR) is 114 cm³/mol. The molecule has 0 bridgehead atoms. The van der Waals surface area contributed by atoms with Crippen LogP contribution in [0.3, 0.4) is 0 Å². The average Bonchev–Trinajstić information content (AvgIpc) is 3.07. The predicted octanol–water partition coefficient (Wildman–Crippen LogP) is 2.46. The number of carbonyl (C=O) groups excluding carboxylic acids is 2. The SMILES string of the molecule is COC(=O)C1=C(C)Nc2sc(C(N)=O)c(N)c2[C@H]1c1cc(OC)c(OC)c(OC)c1. The lowest BCUT2D eigenvalue weighted by atomic mass is 9.81. The minimum absolute atomic E-state index is 0.211. The number of rotatable bonds is 6. The number of nitrogens with one attached hydrogen (secondary N) is 1. The molecule has 1 aromatic heterocycles. The summed E-state index contributed by atoms with van der Waals surface area (Å²) in [6.45, 7) is 1.75. The zero-order valence-corrected chi connectivity index (χ0v) is 18.1. The van der Waals surface area contributed by atoms with Crippen LogP contribution in [0.1, 0.15) is 33.6 Å². The summed E-state index contributed by atoms with van der Waals surface area (Å²) < 4.78 is 21.4. The number of nitrogens with two attached hydrogens (primary N) is 2. The van der Waals surface area contributed by atoms with E-state index in [2.05, 4.69) is 5.32 Å². The van der Waals surface area contributed by atoms with E-state index in [4.69, 9.17) is 30.4 Å². The molecule has 0 aliphatic carbocycles. The van der Waals surface area contributed by atoms with Crippen LogP contribution in [0.2, 0.25) is 0 Å². The van der Waals surface area contributed by atoms with Gasteiger partial charge in [0, 0.05) is 17.2 Å². The highest BCUT2D eigenvalue weighted by molar-refractivity contribution is 7.19. The zero-order valence-electron chi connectivity index (χ0n) is 17.2. The smallest absolute Gasteiger partial charge is 0.336 e. The van der Waals surface area contributed by atoms with Crippen LogP contribution < -0.4 is 31.0 Å². The summed E-state index contributed by atoms with van der Waals surface area (Å²) in [7, 11) is 5.81. The molecule has 30 heavy (non-hydrogen) atoms. The summed E-state index contributed by atoms with van der Waals surface area (Å²) >= 11 is 1.14. The number of benzene rings is 1. The van der Waals surface area contributed by atoms with E-state index < -0.39 is 17.8 Å². The van der Waals surface area contributed by atoms with Crippen LogP contribution in [-0.2, 0) is 9.53 Å².